The number of hydrogen-bond acceptors (Lipinski definition) is 4. The minimum absolute atomic E-state index is 0.0394. The van der Waals surface area contributed by atoms with Gasteiger partial charge in [0, 0.05) is 24.5 Å². The van der Waals surface area contributed by atoms with Gasteiger partial charge >= 0.3 is 6.18 Å². The lowest BCUT2D eigenvalue weighted by atomic mass is 10.4. The van der Waals surface area contributed by atoms with Crippen molar-refractivity contribution in [3.8, 4) is 0 Å². The fourth-order valence-corrected chi connectivity index (χ4v) is 4.24. The van der Waals surface area contributed by atoms with Crippen molar-refractivity contribution < 1.29 is 21.6 Å². The molecular formula is C11H15F3N2O2S2. The molecule has 0 atom stereocenters. The van der Waals surface area contributed by atoms with E-state index in [-0.39, 0.29) is 4.90 Å². The third-order valence-corrected chi connectivity index (χ3v) is 5.86. The van der Waals surface area contributed by atoms with E-state index in [9.17, 15) is 21.6 Å². The van der Waals surface area contributed by atoms with Gasteiger partial charge in [0.2, 0.25) is 10.0 Å². The molecule has 1 aliphatic carbocycles. The van der Waals surface area contributed by atoms with Crippen LogP contribution in [-0.4, -0.2) is 38.5 Å². The summed E-state index contributed by atoms with van der Waals surface area (Å²) >= 11 is 1.23. The van der Waals surface area contributed by atoms with Gasteiger partial charge in [-0.3, -0.25) is 0 Å². The first-order valence-corrected chi connectivity index (χ1v) is 8.35. The molecule has 0 spiro atoms. The molecule has 2 rings (SSSR count). The van der Waals surface area contributed by atoms with Crippen molar-refractivity contribution in [2.45, 2.75) is 36.5 Å². The van der Waals surface area contributed by atoms with Gasteiger partial charge in [0.05, 0.1) is 4.90 Å². The van der Waals surface area contributed by atoms with Gasteiger partial charge in [-0.25, -0.2) is 8.42 Å². The van der Waals surface area contributed by atoms with Crippen LogP contribution in [0.15, 0.2) is 16.3 Å². The van der Waals surface area contributed by atoms with Gasteiger partial charge in [-0.05, 0) is 24.3 Å². The maximum atomic E-state index is 12.3. The van der Waals surface area contributed by atoms with Gasteiger partial charge in [-0.2, -0.15) is 17.5 Å². The minimum Gasteiger partial charge on any atom is -0.309 e. The smallest absolute Gasteiger partial charge is 0.309 e. The Morgan fingerprint density at radius 2 is 2.10 bits per heavy atom. The molecule has 1 saturated carbocycles. The number of thiophene rings is 1. The summed E-state index contributed by atoms with van der Waals surface area (Å²) in [7, 11) is -3.16. The van der Waals surface area contributed by atoms with E-state index in [1.54, 1.807) is 5.38 Å². The first-order valence-electron chi connectivity index (χ1n) is 6.03. The second-order valence-corrected chi connectivity index (χ2v) is 7.75. The Labute approximate surface area is 119 Å². The third kappa shape index (κ3) is 3.94. The summed E-state index contributed by atoms with van der Waals surface area (Å²) in [6.45, 7) is -1.11. The van der Waals surface area contributed by atoms with Crippen LogP contribution >= 0.6 is 11.3 Å². The molecule has 0 unspecified atom stereocenters. The number of hydrogen-bond donors (Lipinski definition) is 1. The van der Waals surface area contributed by atoms with E-state index in [2.05, 4.69) is 5.32 Å². The highest BCUT2D eigenvalue weighted by Gasteiger charge is 2.36. The quantitative estimate of drug-likeness (QED) is 0.871. The van der Waals surface area contributed by atoms with E-state index >= 15 is 0 Å². The zero-order valence-electron chi connectivity index (χ0n) is 10.8. The normalized spacial score (nSPS) is 16.9. The van der Waals surface area contributed by atoms with Crippen LogP contribution in [0, 0.1) is 0 Å². The maximum absolute atomic E-state index is 12.3. The molecule has 1 aromatic rings. The molecule has 1 aliphatic rings. The van der Waals surface area contributed by atoms with E-state index in [1.165, 1.54) is 17.4 Å². The Balaban J connectivity index is 2.13. The molecule has 0 radical (unpaired) electrons. The maximum Gasteiger partial charge on any atom is 0.402 e. The predicted molar refractivity (Wildman–Crippen MR) is 70.1 cm³/mol. The highest BCUT2D eigenvalue weighted by molar-refractivity contribution is 7.89. The Hall–Kier alpha value is -0.640. The largest absolute Gasteiger partial charge is 0.402 e. The summed E-state index contributed by atoms with van der Waals surface area (Å²) in [6, 6.07) is 1.76. The monoisotopic (exact) mass is 328 g/mol. The van der Waals surface area contributed by atoms with Crippen LogP contribution in [0.5, 0.6) is 0 Å². The highest BCUT2D eigenvalue weighted by Crippen LogP contribution is 2.28. The second kappa shape index (κ2) is 5.63. The SMILES string of the molecule is CN(CC(F)(F)F)S(=O)(=O)c1ccsc1CNC1CC1. The second-order valence-electron chi connectivity index (χ2n) is 4.74. The number of alkyl halides is 3. The molecular weight excluding hydrogens is 313 g/mol. The average molecular weight is 328 g/mol. The topological polar surface area (TPSA) is 49.4 Å². The summed E-state index contributed by atoms with van der Waals surface area (Å²) in [6.07, 6.45) is -2.44. The fourth-order valence-electron chi connectivity index (χ4n) is 1.72. The predicted octanol–water partition coefficient (Wildman–Crippen LogP) is 2.18. The van der Waals surface area contributed by atoms with Gasteiger partial charge < -0.3 is 5.32 Å². The molecule has 114 valence electrons. The molecule has 4 nitrogen and oxygen atoms in total. The average Bonchev–Trinajstić information content (AvgIpc) is 3.00. The molecule has 0 amide bonds. The Bertz CT molecular complexity index is 564. The lowest BCUT2D eigenvalue weighted by Crippen LogP contribution is -2.36. The molecule has 0 saturated heterocycles. The van der Waals surface area contributed by atoms with Crippen LogP contribution in [0.3, 0.4) is 0 Å². The van der Waals surface area contributed by atoms with Crippen LogP contribution < -0.4 is 5.32 Å². The van der Waals surface area contributed by atoms with Crippen molar-refractivity contribution in [2.75, 3.05) is 13.6 Å². The zero-order valence-corrected chi connectivity index (χ0v) is 12.4. The van der Waals surface area contributed by atoms with Crippen molar-refractivity contribution in [3.05, 3.63) is 16.3 Å². The summed E-state index contributed by atoms with van der Waals surface area (Å²) < 4.78 is 61.6. The van der Waals surface area contributed by atoms with E-state index < -0.39 is 22.7 Å². The van der Waals surface area contributed by atoms with Gasteiger partial charge in [0.25, 0.3) is 0 Å². The van der Waals surface area contributed by atoms with Crippen LogP contribution in [0.2, 0.25) is 0 Å². The lowest BCUT2D eigenvalue weighted by molar-refractivity contribution is -0.134. The minimum atomic E-state index is -4.55. The summed E-state index contributed by atoms with van der Waals surface area (Å²) in [5.74, 6) is 0. The van der Waals surface area contributed by atoms with Crippen LogP contribution in [0.25, 0.3) is 0 Å². The highest BCUT2D eigenvalue weighted by atomic mass is 32.2. The number of nitrogens with zero attached hydrogens (tertiary/aromatic N) is 1. The summed E-state index contributed by atoms with van der Waals surface area (Å²) in [5, 5.41) is 4.75. The Morgan fingerprint density at radius 1 is 1.45 bits per heavy atom. The summed E-state index contributed by atoms with van der Waals surface area (Å²) in [4.78, 5) is 0.508. The van der Waals surface area contributed by atoms with Gasteiger partial charge in [0.15, 0.2) is 0 Å². The lowest BCUT2D eigenvalue weighted by Gasteiger charge is -2.19. The number of sulfonamides is 1. The van der Waals surface area contributed by atoms with E-state index in [0.717, 1.165) is 19.9 Å². The molecule has 0 bridgehead atoms. The third-order valence-electron chi connectivity index (χ3n) is 2.92. The van der Waals surface area contributed by atoms with E-state index in [1.807, 2.05) is 0 Å². The summed E-state index contributed by atoms with van der Waals surface area (Å²) in [5.41, 5.74) is 0. The first-order chi connectivity index (χ1) is 9.20. The molecule has 1 N–H and O–H groups in total. The van der Waals surface area contributed by atoms with Gasteiger partial charge in [0.1, 0.15) is 6.54 Å². The molecule has 0 aromatic carbocycles. The fraction of sp³-hybridized carbons (Fsp3) is 0.636. The number of nitrogens with one attached hydrogen (secondary N) is 1. The van der Waals surface area contributed by atoms with Crippen molar-refractivity contribution in [3.63, 3.8) is 0 Å². The molecule has 9 heteroatoms. The van der Waals surface area contributed by atoms with Crippen LogP contribution in [0.1, 0.15) is 17.7 Å². The van der Waals surface area contributed by atoms with E-state index in [0.29, 0.717) is 21.8 Å². The molecule has 1 heterocycles. The molecule has 0 aliphatic heterocycles. The molecule has 20 heavy (non-hydrogen) atoms. The van der Waals surface area contributed by atoms with Gasteiger partial charge in [-0.15, -0.1) is 11.3 Å². The standard InChI is InChI=1S/C11H15F3N2O2S2/c1-16(7-11(12,13)14)20(17,18)10-4-5-19-9(10)6-15-8-2-3-8/h4-5,8,15H,2-3,6-7H2,1H3. The zero-order chi connectivity index (χ0) is 15.0. The molecule has 1 fully saturated rings. The van der Waals surface area contributed by atoms with E-state index in [4.69, 9.17) is 0 Å². The first kappa shape index (κ1) is 15.7. The number of rotatable bonds is 6. The van der Waals surface area contributed by atoms with Crippen molar-refractivity contribution in [2.24, 2.45) is 0 Å². The van der Waals surface area contributed by atoms with Crippen molar-refractivity contribution >= 4 is 21.4 Å². The molecule has 1 aromatic heterocycles. The van der Waals surface area contributed by atoms with Crippen LogP contribution in [-0.2, 0) is 16.6 Å². The number of halogens is 3. The van der Waals surface area contributed by atoms with Crippen LogP contribution in [0.4, 0.5) is 13.2 Å². The Morgan fingerprint density at radius 3 is 2.65 bits per heavy atom. The van der Waals surface area contributed by atoms with Gasteiger partial charge in [-0.1, -0.05) is 0 Å². The Kier molecular flexibility index (Phi) is 4.43. The van der Waals surface area contributed by atoms with Crippen molar-refractivity contribution in [1.29, 1.82) is 0 Å². The van der Waals surface area contributed by atoms with Crippen molar-refractivity contribution in [1.82, 2.24) is 9.62 Å².